The Hall–Kier alpha value is -0.980. The summed E-state index contributed by atoms with van der Waals surface area (Å²) in [7, 11) is 0. The molecule has 4 nitrogen and oxygen atoms in total. The maximum absolute atomic E-state index is 12.9. The van der Waals surface area contributed by atoms with Crippen LogP contribution in [0.25, 0.3) is 10.2 Å². The first-order valence-electron chi connectivity index (χ1n) is 8.13. The van der Waals surface area contributed by atoms with Crippen molar-refractivity contribution < 1.29 is 4.79 Å². The van der Waals surface area contributed by atoms with Crippen LogP contribution in [-0.2, 0) is 4.79 Å². The molecule has 2 N–H and O–H groups in total. The van der Waals surface area contributed by atoms with Gasteiger partial charge in [0.25, 0.3) is 0 Å². The first-order chi connectivity index (χ1) is 11.2. The molecule has 1 aliphatic rings. The predicted molar refractivity (Wildman–Crippen MR) is 99.1 cm³/mol. The second-order valence-corrected chi connectivity index (χ2v) is 7.91. The Morgan fingerprint density at radius 3 is 2.78 bits per heavy atom. The van der Waals surface area contributed by atoms with E-state index in [0.717, 1.165) is 52.4 Å². The van der Waals surface area contributed by atoms with Gasteiger partial charge in [-0.05, 0) is 37.3 Å². The van der Waals surface area contributed by atoms with E-state index in [9.17, 15) is 4.79 Å². The van der Waals surface area contributed by atoms with Gasteiger partial charge in [-0.1, -0.05) is 28.1 Å². The summed E-state index contributed by atoms with van der Waals surface area (Å²) in [6, 6.07) is 8.00. The second-order valence-electron chi connectivity index (χ2n) is 6.05. The third kappa shape index (κ3) is 3.75. The van der Waals surface area contributed by atoms with Crippen molar-refractivity contribution >= 4 is 43.4 Å². The van der Waals surface area contributed by atoms with Crippen molar-refractivity contribution in [3.63, 3.8) is 0 Å². The summed E-state index contributed by atoms with van der Waals surface area (Å²) in [5, 5.41) is 1.89. The Kier molecular flexibility index (Phi) is 5.67. The monoisotopic (exact) mass is 395 g/mol. The van der Waals surface area contributed by atoms with Gasteiger partial charge in [-0.2, -0.15) is 0 Å². The summed E-state index contributed by atoms with van der Waals surface area (Å²) < 4.78 is 1.12. The highest BCUT2D eigenvalue weighted by Gasteiger charge is 2.30. The van der Waals surface area contributed by atoms with E-state index in [1.54, 1.807) is 11.3 Å². The van der Waals surface area contributed by atoms with Gasteiger partial charge in [0.15, 0.2) is 0 Å². The summed E-state index contributed by atoms with van der Waals surface area (Å²) in [4.78, 5) is 19.5. The standard InChI is InChI=1S/C17H22BrN3OS/c18-8-5-12-6-9-21(10-7-12)17(22)13(11-19)16-20-14-3-1-2-4-15(14)23-16/h1-4,12-13H,5-11,19H2/t13-/m1/s1. The Bertz CT molecular complexity index is 634. The number of halogens is 1. The van der Waals surface area contributed by atoms with Gasteiger partial charge >= 0.3 is 0 Å². The van der Waals surface area contributed by atoms with E-state index in [-0.39, 0.29) is 11.8 Å². The van der Waals surface area contributed by atoms with Crippen molar-refractivity contribution in [2.45, 2.75) is 25.2 Å². The Morgan fingerprint density at radius 1 is 1.39 bits per heavy atom. The Balaban J connectivity index is 1.72. The summed E-state index contributed by atoms with van der Waals surface area (Å²) in [5.41, 5.74) is 6.88. The van der Waals surface area contributed by atoms with Crippen LogP contribution in [0.2, 0.25) is 0 Å². The number of nitrogens with zero attached hydrogens (tertiary/aromatic N) is 2. The second kappa shape index (κ2) is 7.73. The molecule has 1 amide bonds. The fourth-order valence-corrected chi connectivity index (χ4v) is 4.88. The number of nitrogens with two attached hydrogens (primary N) is 1. The number of amides is 1. The summed E-state index contributed by atoms with van der Waals surface area (Å²) >= 11 is 5.09. The predicted octanol–water partition coefficient (Wildman–Crippen LogP) is 3.36. The third-order valence-corrected chi connectivity index (χ3v) is 6.19. The maximum atomic E-state index is 12.9. The topological polar surface area (TPSA) is 59.2 Å². The molecule has 0 saturated carbocycles. The Morgan fingerprint density at radius 2 is 2.13 bits per heavy atom. The van der Waals surface area contributed by atoms with E-state index in [4.69, 9.17) is 5.73 Å². The highest BCUT2D eigenvalue weighted by Crippen LogP contribution is 2.30. The van der Waals surface area contributed by atoms with Gasteiger partial charge in [0, 0.05) is 25.0 Å². The van der Waals surface area contributed by atoms with E-state index < -0.39 is 0 Å². The minimum absolute atomic E-state index is 0.142. The molecule has 2 aromatic rings. The number of benzene rings is 1. The van der Waals surface area contributed by atoms with Crippen LogP contribution in [0.1, 0.15) is 30.2 Å². The zero-order valence-electron chi connectivity index (χ0n) is 13.1. The number of alkyl halides is 1. The van der Waals surface area contributed by atoms with Crippen LogP contribution >= 0.6 is 27.3 Å². The number of fused-ring (bicyclic) bond motifs is 1. The number of carbonyl (C=O) groups excluding carboxylic acids is 1. The molecule has 0 spiro atoms. The number of para-hydroxylation sites is 1. The number of aromatic nitrogens is 1. The van der Waals surface area contributed by atoms with Crippen LogP contribution in [0.3, 0.4) is 0 Å². The number of hydrogen-bond acceptors (Lipinski definition) is 4. The van der Waals surface area contributed by atoms with Crippen LogP contribution in [0.4, 0.5) is 0 Å². The zero-order valence-corrected chi connectivity index (χ0v) is 15.5. The lowest BCUT2D eigenvalue weighted by molar-refractivity contribution is -0.134. The molecular formula is C17H22BrN3OS. The molecular weight excluding hydrogens is 374 g/mol. The summed E-state index contributed by atoms with van der Waals surface area (Å²) in [6.07, 6.45) is 3.38. The molecule has 0 unspecified atom stereocenters. The fraction of sp³-hybridized carbons (Fsp3) is 0.529. The highest BCUT2D eigenvalue weighted by molar-refractivity contribution is 9.09. The molecule has 0 radical (unpaired) electrons. The van der Waals surface area contributed by atoms with Crippen molar-refractivity contribution in [2.24, 2.45) is 11.7 Å². The van der Waals surface area contributed by atoms with E-state index in [1.165, 1.54) is 6.42 Å². The highest BCUT2D eigenvalue weighted by atomic mass is 79.9. The van der Waals surface area contributed by atoms with Crippen LogP contribution in [0, 0.1) is 5.92 Å². The molecule has 1 aliphatic heterocycles. The number of hydrogen-bond donors (Lipinski definition) is 1. The van der Waals surface area contributed by atoms with Crippen molar-refractivity contribution in [3.8, 4) is 0 Å². The number of rotatable bonds is 5. The summed E-state index contributed by atoms with van der Waals surface area (Å²) in [6.45, 7) is 2.01. The van der Waals surface area contributed by atoms with E-state index in [0.29, 0.717) is 6.54 Å². The minimum Gasteiger partial charge on any atom is -0.342 e. The van der Waals surface area contributed by atoms with Crippen LogP contribution < -0.4 is 5.73 Å². The fourth-order valence-electron chi connectivity index (χ4n) is 3.16. The smallest absolute Gasteiger partial charge is 0.233 e. The van der Waals surface area contributed by atoms with Crippen molar-refractivity contribution in [3.05, 3.63) is 29.3 Å². The van der Waals surface area contributed by atoms with Gasteiger partial charge in [0.2, 0.25) is 5.91 Å². The van der Waals surface area contributed by atoms with Crippen LogP contribution in [0.15, 0.2) is 24.3 Å². The van der Waals surface area contributed by atoms with E-state index in [1.807, 2.05) is 29.2 Å². The average molecular weight is 396 g/mol. The zero-order chi connectivity index (χ0) is 16.2. The average Bonchev–Trinajstić information content (AvgIpc) is 3.00. The van der Waals surface area contributed by atoms with Gasteiger partial charge < -0.3 is 10.6 Å². The molecule has 1 atom stereocenters. The molecule has 124 valence electrons. The number of thiazole rings is 1. The third-order valence-electron chi connectivity index (χ3n) is 4.59. The number of piperidine rings is 1. The molecule has 6 heteroatoms. The summed E-state index contributed by atoms with van der Waals surface area (Å²) in [5.74, 6) is 0.571. The lowest BCUT2D eigenvalue weighted by atomic mass is 9.93. The molecule has 1 aromatic heterocycles. The minimum atomic E-state index is -0.305. The SMILES string of the molecule is NC[C@@H](C(=O)N1CCC(CCBr)CC1)c1nc2ccccc2s1. The molecule has 0 bridgehead atoms. The lowest BCUT2D eigenvalue weighted by Gasteiger charge is -2.33. The van der Waals surface area contributed by atoms with Crippen LogP contribution in [0.5, 0.6) is 0 Å². The van der Waals surface area contributed by atoms with Gasteiger partial charge in [0.1, 0.15) is 10.9 Å². The quantitative estimate of drug-likeness (QED) is 0.789. The molecule has 1 fully saturated rings. The lowest BCUT2D eigenvalue weighted by Crippen LogP contribution is -2.42. The molecule has 1 saturated heterocycles. The Labute approximate surface area is 149 Å². The largest absolute Gasteiger partial charge is 0.342 e. The first-order valence-corrected chi connectivity index (χ1v) is 10.1. The number of likely N-dealkylation sites (tertiary alicyclic amines) is 1. The van der Waals surface area contributed by atoms with Gasteiger partial charge in [-0.15, -0.1) is 11.3 Å². The van der Waals surface area contributed by atoms with E-state index >= 15 is 0 Å². The molecule has 2 heterocycles. The molecule has 1 aromatic carbocycles. The molecule has 3 rings (SSSR count). The normalized spacial score (nSPS) is 17.6. The van der Waals surface area contributed by atoms with Crippen molar-refractivity contribution in [1.29, 1.82) is 0 Å². The van der Waals surface area contributed by atoms with Crippen molar-refractivity contribution in [1.82, 2.24) is 9.88 Å². The van der Waals surface area contributed by atoms with Crippen LogP contribution in [-0.4, -0.2) is 40.8 Å². The molecule has 23 heavy (non-hydrogen) atoms. The molecule has 0 aliphatic carbocycles. The number of carbonyl (C=O) groups is 1. The maximum Gasteiger partial charge on any atom is 0.233 e. The first kappa shape index (κ1) is 16.9. The van der Waals surface area contributed by atoms with Gasteiger partial charge in [-0.3, -0.25) is 4.79 Å². The van der Waals surface area contributed by atoms with Crippen molar-refractivity contribution in [2.75, 3.05) is 25.0 Å². The van der Waals surface area contributed by atoms with Gasteiger partial charge in [0.05, 0.1) is 10.2 Å². The van der Waals surface area contributed by atoms with Gasteiger partial charge in [-0.25, -0.2) is 4.98 Å². The van der Waals surface area contributed by atoms with E-state index in [2.05, 4.69) is 20.9 Å².